The Morgan fingerprint density at radius 2 is 1.50 bits per heavy atom. The predicted molar refractivity (Wildman–Crippen MR) is 116 cm³/mol. The molecule has 0 saturated heterocycles. The van der Waals surface area contributed by atoms with Crippen LogP contribution < -0.4 is 4.90 Å². The van der Waals surface area contributed by atoms with Gasteiger partial charge < -0.3 is 10.0 Å². The standard InChI is InChI=1S/C25H24FNO3/c1-2-3-8-24(28)27(23-7-5-4-6-22(23)26)17-18-9-11-19(12-10-18)20-13-15-21(16-14-20)25(29)30/h4-7,9-16H,2-3,8,17H2,1H3,(H,29,30). The first-order valence-corrected chi connectivity index (χ1v) is 9.97. The molecular weight excluding hydrogens is 381 g/mol. The van der Waals surface area contributed by atoms with Crippen LogP contribution in [0.3, 0.4) is 0 Å². The Balaban J connectivity index is 1.81. The molecule has 0 heterocycles. The van der Waals surface area contributed by atoms with Crippen molar-refractivity contribution in [1.82, 2.24) is 0 Å². The van der Waals surface area contributed by atoms with E-state index in [1.165, 1.54) is 11.0 Å². The summed E-state index contributed by atoms with van der Waals surface area (Å²) in [5.41, 5.74) is 3.24. The van der Waals surface area contributed by atoms with Gasteiger partial charge in [0.15, 0.2) is 0 Å². The summed E-state index contributed by atoms with van der Waals surface area (Å²) in [6.07, 6.45) is 2.03. The molecule has 3 aromatic carbocycles. The maximum atomic E-state index is 14.4. The zero-order valence-corrected chi connectivity index (χ0v) is 16.8. The number of rotatable bonds is 8. The molecule has 0 atom stereocenters. The maximum absolute atomic E-state index is 14.4. The van der Waals surface area contributed by atoms with Gasteiger partial charge in [-0.05, 0) is 47.4 Å². The van der Waals surface area contributed by atoms with Crippen LogP contribution in [0.5, 0.6) is 0 Å². The van der Waals surface area contributed by atoms with Crippen molar-refractivity contribution < 1.29 is 19.1 Å². The van der Waals surface area contributed by atoms with Gasteiger partial charge in [-0.3, -0.25) is 4.79 Å². The van der Waals surface area contributed by atoms with Gasteiger partial charge in [0.25, 0.3) is 0 Å². The molecule has 154 valence electrons. The molecule has 0 aromatic heterocycles. The highest BCUT2D eigenvalue weighted by atomic mass is 19.1. The topological polar surface area (TPSA) is 57.6 Å². The van der Waals surface area contributed by atoms with E-state index in [0.717, 1.165) is 29.5 Å². The lowest BCUT2D eigenvalue weighted by Gasteiger charge is -2.23. The molecule has 0 aliphatic carbocycles. The third-order valence-electron chi connectivity index (χ3n) is 4.95. The van der Waals surface area contributed by atoms with E-state index >= 15 is 0 Å². The van der Waals surface area contributed by atoms with Crippen LogP contribution in [0.1, 0.15) is 42.1 Å². The van der Waals surface area contributed by atoms with Crippen LogP contribution in [-0.4, -0.2) is 17.0 Å². The second-order valence-corrected chi connectivity index (χ2v) is 7.11. The van der Waals surface area contributed by atoms with Crippen LogP contribution in [-0.2, 0) is 11.3 Å². The highest BCUT2D eigenvalue weighted by Gasteiger charge is 2.19. The van der Waals surface area contributed by atoms with Gasteiger partial charge in [-0.2, -0.15) is 0 Å². The number of carbonyl (C=O) groups excluding carboxylic acids is 1. The molecule has 0 spiro atoms. The van der Waals surface area contributed by atoms with Gasteiger partial charge in [0.2, 0.25) is 5.91 Å². The summed E-state index contributed by atoms with van der Waals surface area (Å²) in [7, 11) is 0. The minimum Gasteiger partial charge on any atom is -0.478 e. The molecule has 1 N–H and O–H groups in total. The summed E-state index contributed by atoms with van der Waals surface area (Å²) in [6.45, 7) is 2.30. The van der Waals surface area contributed by atoms with Crippen molar-refractivity contribution in [3.63, 3.8) is 0 Å². The molecular formula is C25H24FNO3. The number of hydrogen-bond acceptors (Lipinski definition) is 2. The molecule has 0 aliphatic rings. The monoisotopic (exact) mass is 405 g/mol. The molecule has 3 rings (SSSR count). The fourth-order valence-corrected chi connectivity index (χ4v) is 3.23. The van der Waals surface area contributed by atoms with Crippen molar-refractivity contribution in [2.75, 3.05) is 4.90 Å². The van der Waals surface area contributed by atoms with Gasteiger partial charge in [0.05, 0.1) is 17.8 Å². The van der Waals surface area contributed by atoms with Crippen LogP contribution in [0.2, 0.25) is 0 Å². The quantitative estimate of drug-likeness (QED) is 0.506. The predicted octanol–water partition coefficient (Wildman–Crippen LogP) is 5.91. The second kappa shape index (κ2) is 9.83. The van der Waals surface area contributed by atoms with Crippen molar-refractivity contribution in [1.29, 1.82) is 0 Å². The number of unbranched alkanes of at least 4 members (excludes halogenated alkanes) is 1. The number of carbonyl (C=O) groups is 2. The van der Waals surface area contributed by atoms with Gasteiger partial charge in [-0.25, -0.2) is 9.18 Å². The third kappa shape index (κ3) is 5.11. The number of aromatic carboxylic acids is 1. The molecule has 3 aromatic rings. The van der Waals surface area contributed by atoms with E-state index in [0.29, 0.717) is 6.42 Å². The number of halogens is 1. The van der Waals surface area contributed by atoms with Gasteiger partial charge in [-0.1, -0.05) is 61.9 Å². The van der Waals surface area contributed by atoms with Crippen LogP contribution in [0.4, 0.5) is 10.1 Å². The zero-order valence-electron chi connectivity index (χ0n) is 16.8. The van der Waals surface area contributed by atoms with Crippen molar-refractivity contribution in [2.24, 2.45) is 0 Å². The SMILES string of the molecule is CCCCC(=O)N(Cc1ccc(-c2ccc(C(=O)O)cc2)cc1)c1ccccc1F. The minimum absolute atomic E-state index is 0.102. The number of amides is 1. The van der Waals surface area contributed by atoms with E-state index in [4.69, 9.17) is 5.11 Å². The van der Waals surface area contributed by atoms with E-state index in [1.807, 2.05) is 31.2 Å². The molecule has 30 heavy (non-hydrogen) atoms. The number of anilines is 1. The third-order valence-corrected chi connectivity index (χ3v) is 4.95. The summed E-state index contributed by atoms with van der Waals surface area (Å²) in [5.74, 6) is -1.48. The Labute approximate surface area is 175 Å². The molecule has 1 amide bonds. The fraction of sp³-hybridized carbons (Fsp3) is 0.200. The van der Waals surface area contributed by atoms with Gasteiger partial charge >= 0.3 is 5.97 Å². The molecule has 0 fully saturated rings. The number of nitrogens with zero attached hydrogens (tertiary/aromatic N) is 1. The van der Waals surface area contributed by atoms with Crippen LogP contribution in [0.15, 0.2) is 72.8 Å². The Morgan fingerprint density at radius 1 is 0.900 bits per heavy atom. The summed E-state index contributed by atoms with van der Waals surface area (Å²) in [5, 5.41) is 9.02. The van der Waals surface area contributed by atoms with Crippen molar-refractivity contribution >= 4 is 17.6 Å². The summed E-state index contributed by atoms with van der Waals surface area (Å²) in [4.78, 5) is 25.2. The molecule has 0 bridgehead atoms. The first-order chi connectivity index (χ1) is 14.5. The highest BCUT2D eigenvalue weighted by Crippen LogP contribution is 2.25. The number of carboxylic acid groups (broad SMARTS) is 1. The van der Waals surface area contributed by atoms with Crippen LogP contribution in [0.25, 0.3) is 11.1 Å². The average molecular weight is 405 g/mol. The van der Waals surface area contributed by atoms with E-state index in [1.54, 1.807) is 42.5 Å². The normalized spacial score (nSPS) is 10.6. The molecule has 0 aliphatic heterocycles. The first kappa shape index (κ1) is 21.2. The first-order valence-electron chi connectivity index (χ1n) is 9.97. The molecule has 0 unspecified atom stereocenters. The summed E-state index contributed by atoms with van der Waals surface area (Å²) in [6, 6.07) is 20.6. The molecule has 0 saturated carbocycles. The molecule has 4 nitrogen and oxygen atoms in total. The van der Waals surface area contributed by atoms with E-state index < -0.39 is 11.8 Å². The number of para-hydroxylation sites is 1. The Morgan fingerprint density at radius 3 is 2.07 bits per heavy atom. The lowest BCUT2D eigenvalue weighted by atomic mass is 10.0. The van der Waals surface area contributed by atoms with Crippen LogP contribution in [0, 0.1) is 5.82 Å². The molecule has 0 radical (unpaired) electrons. The van der Waals surface area contributed by atoms with E-state index in [9.17, 15) is 14.0 Å². The Bertz CT molecular complexity index is 1010. The minimum atomic E-state index is -0.960. The molecule has 5 heteroatoms. The average Bonchev–Trinajstić information content (AvgIpc) is 2.77. The van der Waals surface area contributed by atoms with Gasteiger partial charge in [0.1, 0.15) is 5.82 Å². The second-order valence-electron chi connectivity index (χ2n) is 7.11. The Kier molecular flexibility index (Phi) is 6.96. The van der Waals surface area contributed by atoms with Crippen LogP contribution >= 0.6 is 0 Å². The number of hydrogen-bond donors (Lipinski definition) is 1. The summed E-state index contributed by atoms with van der Waals surface area (Å²) < 4.78 is 14.4. The van der Waals surface area contributed by atoms with Crippen molar-refractivity contribution in [2.45, 2.75) is 32.7 Å². The lowest BCUT2D eigenvalue weighted by Crippen LogP contribution is -2.30. The smallest absolute Gasteiger partial charge is 0.335 e. The number of benzene rings is 3. The van der Waals surface area contributed by atoms with Gasteiger partial charge in [0, 0.05) is 6.42 Å². The number of carboxylic acids is 1. The van der Waals surface area contributed by atoms with Gasteiger partial charge in [-0.15, -0.1) is 0 Å². The zero-order chi connectivity index (χ0) is 21.5. The Hall–Kier alpha value is -3.47. The van der Waals surface area contributed by atoms with E-state index in [-0.39, 0.29) is 23.7 Å². The maximum Gasteiger partial charge on any atom is 0.335 e. The van der Waals surface area contributed by atoms with E-state index in [2.05, 4.69) is 0 Å². The lowest BCUT2D eigenvalue weighted by molar-refractivity contribution is -0.118. The summed E-state index contributed by atoms with van der Waals surface area (Å²) >= 11 is 0. The largest absolute Gasteiger partial charge is 0.478 e. The highest BCUT2D eigenvalue weighted by molar-refractivity contribution is 5.93. The van der Waals surface area contributed by atoms with Crippen molar-refractivity contribution in [3.05, 3.63) is 89.7 Å². The fourth-order valence-electron chi connectivity index (χ4n) is 3.23. The van der Waals surface area contributed by atoms with Crippen molar-refractivity contribution in [3.8, 4) is 11.1 Å².